The molecule has 0 saturated heterocycles. The number of ether oxygens (including phenoxy) is 1. The standard InChI is InChI=1S/C7H9NO2/c1-2-6(3-1)10-7-4-8-9-5-7/h4-6H,1-3H2. The SMILES string of the molecule is c1nocc1OC1CCC1. The normalized spacial score (nSPS) is 18.4. The van der Waals surface area contributed by atoms with Crippen LogP contribution in [-0.4, -0.2) is 11.3 Å². The van der Waals surface area contributed by atoms with Gasteiger partial charge >= 0.3 is 0 Å². The van der Waals surface area contributed by atoms with Gasteiger partial charge in [0.15, 0.2) is 12.0 Å². The first kappa shape index (κ1) is 5.77. The number of hydrogen-bond donors (Lipinski definition) is 0. The van der Waals surface area contributed by atoms with E-state index in [4.69, 9.17) is 4.74 Å². The molecule has 0 aromatic carbocycles. The molecule has 0 N–H and O–H groups in total. The summed E-state index contributed by atoms with van der Waals surface area (Å²) >= 11 is 0. The quantitative estimate of drug-likeness (QED) is 0.624. The fourth-order valence-electron chi connectivity index (χ4n) is 0.934. The van der Waals surface area contributed by atoms with Crippen molar-refractivity contribution in [3.63, 3.8) is 0 Å². The van der Waals surface area contributed by atoms with Gasteiger partial charge in [0.05, 0.1) is 6.10 Å². The summed E-state index contributed by atoms with van der Waals surface area (Å²) in [6.07, 6.45) is 7.17. The highest BCUT2D eigenvalue weighted by Crippen LogP contribution is 2.24. The van der Waals surface area contributed by atoms with Crippen molar-refractivity contribution in [2.75, 3.05) is 0 Å². The Morgan fingerprint density at radius 2 is 2.50 bits per heavy atom. The summed E-state index contributed by atoms with van der Waals surface area (Å²) in [7, 11) is 0. The van der Waals surface area contributed by atoms with Gasteiger partial charge in [-0.25, -0.2) is 0 Å². The van der Waals surface area contributed by atoms with Crippen LogP contribution in [0.3, 0.4) is 0 Å². The second-order valence-electron chi connectivity index (χ2n) is 2.53. The average molecular weight is 139 g/mol. The van der Waals surface area contributed by atoms with E-state index in [1.54, 1.807) is 6.20 Å². The van der Waals surface area contributed by atoms with Crippen LogP contribution >= 0.6 is 0 Å². The van der Waals surface area contributed by atoms with E-state index in [1.165, 1.54) is 25.5 Å². The Kier molecular flexibility index (Phi) is 1.34. The summed E-state index contributed by atoms with van der Waals surface area (Å²) in [5, 5.41) is 3.53. The van der Waals surface area contributed by atoms with Gasteiger partial charge in [0.25, 0.3) is 0 Å². The zero-order valence-corrected chi connectivity index (χ0v) is 5.62. The zero-order valence-electron chi connectivity index (χ0n) is 5.62. The molecule has 2 rings (SSSR count). The molecule has 0 bridgehead atoms. The molecule has 1 aliphatic rings. The lowest BCUT2D eigenvalue weighted by molar-refractivity contribution is 0.119. The van der Waals surface area contributed by atoms with Crippen molar-refractivity contribution in [3.05, 3.63) is 12.5 Å². The maximum Gasteiger partial charge on any atom is 0.179 e. The van der Waals surface area contributed by atoms with Gasteiger partial charge in [-0.1, -0.05) is 5.16 Å². The lowest BCUT2D eigenvalue weighted by atomic mass is 9.96. The molecule has 10 heavy (non-hydrogen) atoms. The van der Waals surface area contributed by atoms with Gasteiger partial charge in [-0.2, -0.15) is 0 Å². The average Bonchev–Trinajstić information content (AvgIpc) is 2.29. The van der Waals surface area contributed by atoms with Crippen molar-refractivity contribution < 1.29 is 9.26 Å². The van der Waals surface area contributed by atoms with E-state index in [2.05, 4.69) is 9.68 Å². The van der Waals surface area contributed by atoms with Crippen molar-refractivity contribution in [1.82, 2.24) is 5.16 Å². The summed E-state index contributed by atoms with van der Waals surface area (Å²) in [5.41, 5.74) is 0. The zero-order chi connectivity index (χ0) is 6.81. The number of rotatable bonds is 2. The maximum atomic E-state index is 5.43. The van der Waals surface area contributed by atoms with E-state index in [0.717, 1.165) is 5.75 Å². The molecule has 3 nitrogen and oxygen atoms in total. The first-order valence-corrected chi connectivity index (χ1v) is 3.51. The van der Waals surface area contributed by atoms with E-state index >= 15 is 0 Å². The molecule has 0 atom stereocenters. The third kappa shape index (κ3) is 0.988. The van der Waals surface area contributed by atoms with E-state index in [-0.39, 0.29) is 0 Å². The van der Waals surface area contributed by atoms with Crippen LogP contribution in [0.1, 0.15) is 19.3 Å². The molecule has 1 aromatic rings. The van der Waals surface area contributed by atoms with Gasteiger partial charge in [0.2, 0.25) is 0 Å². The van der Waals surface area contributed by atoms with Crippen molar-refractivity contribution >= 4 is 0 Å². The van der Waals surface area contributed by atoms with Crippen molar-refractivity contribution in [3.8, 4) is 5.75 Å². The summed E-state index contributed by atoms with van der Waals surface area (Å²) in [4.78, 5) is 0. The van der Waals surface area contributed by atoms with E-state index in [9.17, 15) is 0 Å². The molecule has 0 radical (unpaired) electrons. The molecule has 0 aliphatic heterocycles. The summed E-state index contributed by atoms with van der Waals surface area (Å²) in [6, 6.07) is 0. The minimum absolute atomic E-state index is 0.416. The molecular weight excluding hydrogens is 130 g/mol. The molecule has 1 saturated carbocycles. The van der Waals surface area contributed by atoms with Gasteiger partial charge in [-0.15, -0.1) is 0 Å². The fourth-order valence-corrected chi connectivity index (χ4v) is 0.934. The van der Waals surface area contributed by atoms with Crippen LogP contribution in [0.4, 0.5) is 0 Å². The molecule has 1 aliphatic carbocycles. The smallest absolute Gasteiger partial charge is 0.179 e. The lowest BCUT2D eigenvalue weighted by Gasteiger charge is -2.24. The van der Waals surface area contributed by atoms with Crippen LogP contribution < -0.4 is 4.74 Å². The highest BCUT2D eigenvalue weighted by Gasteiger charge is 2.19. The van der Waals surface area contributed by atoms with Crippen LogP contribution in [0.15, 0.2) is 17.0 Å². The molecule has 0 spiro atoms. The Hall–Kier alpha value is -0.990. The first-order chi connectivity index (χ1) is 4.95. The van der Waals surface area contributed by atoms with E-state index in [1.807, 2.05) is 0 Å². The predicted octanol–water partition coefficient (Wildman–Crippen LogP) is 1.61. The second-order valence-corrected chi connectivity index (χ2v) is 2.53. The Labute approximate surface area is 59.0 Å². The van der Waals surface area contributed by atoms with Crippen LogP contribution in [0.2, 0.25) is 0 Å². The Morgan fingerprint density at radius 1 is 1.60 bits per heavy atom. The minimum atomic E-state index is 0.416. The third-order valence-electron chi connectivity index (χ3n) is 1.76. The highest BCUT2D eigenvalue weighted by molar-refractivity contribution is 5.09. The fraction of sp³-hybridized carbons (Fsp3) is 0.571. The van der Waals surface area contributed by atoms with Gasteiger partial charge in [-0.3, -0.25) is 0 Å². The Balaban J connectivity index is 1.90. The highest BCUT2D eigenvalue weighted by atomic mass is 16.5. The minimum Gasteiger partial charge on any atom is -0.485 e. The monoisotopic (exact) mass is 139 g/mol. The number of hydrogen-bond acceptors (Lipinski definition) is 3. The summed E-state index contributed by atoms with van der Waals surface area (Å²) < 4.78 is 10.0. The summed E-state index contributed by atoms with van der Waals surface area (Å²) in [5.74, 6) is 0.754. The van der Waals surface area contributed by atoms with Crippen LogP contribution in [0.25, 0.3) is 0 Å². The van der Waals surface area contributed by atoms with Gasteiger partial charge < -0.3 is 9.26 Å². The molecular formula is C7H9NO2. The number of aromatic nitrogens is 1. The van der Waals surface area contributed by atoms with E-state index in [0.29, 0.717) is 6.10 Å². The van der Waals surface area contributed by atoms with Crippen LogP contribution in [0, 0.1) is 0 Å². The van der Waals surface area contributed by atoms with Gasteiger partial charge in [0, 0.05) is 0 Å². The Morgan fingerprint density at radius 3 is 3.00 bits per heavy atom. The molecule has 0 amide bonds. The molecule has 1 aromatic heterocycles. The number of nitrogens with zero attached hydrogens (tertiary/aromatic N) is 1. The molecule has 0 unspecified atom stereocenters. The van der Waals surface area contributed by atoms with Crippen LogP contribution in [0.5, 0.6) is 5.75 Å². The molecule has 1 fully saturated rings. The second kappa shape index (κ2) is 2.33. The van der Waals surface area contributed by atoms with E-state index < -0.39 is 0 Å². The predicted molar refractivity (Wildman–Crippen MR) is 34.8 cm³/mol. The van der Waals surface area contributed by atoms with Crippen molar-refractivity contribution in [2.24, 2.45) is 0 Å². The lowest BCUT2D eigenvalue weighted by Crippen LogP contribution is -2.24. The van der Waals surface area contributed by atoms with Crippen LogP contribution in [-0.2, 0) is 0 Å². The van der Waals surface area contributed by atoms with Gasteiger partial charge in [-0.05, 0) is 19.3 Å². The molecule has 54 valence electrons. The Bertz CT molecular complexity index is 191. The maximum absolute atomic E-state index is 5.43. The molecule has 1 heterocycles. The van der Waals surface area contributed by atoms with Gasteiger partial charge in [0.1, 0.15) is 6.20 Å². The molecule has 3 heteroatoms. The third-order valence-corrected chi connectivity index (χ3v) is 1.76. The van der Waals surface area contributed by atoms with Crippen molar-refractivity contribution in [1.29, 1.82) is 0 Å². The van der Waals surface area contributed by atoms with Crippen molar-refractivity contribution in [2.45, 2.75) is 25.4 Å². The topological polar surface area (TPSA) is 35.3 Å². The largest absolute Gasteiger partial charge is 0.485 e. The first-order valence-electron chi connectivity index (χ1n) is 3.51. The summed E-state index contributed by atoms with van der Waals surface area (Å²) in [6.45, 7) is 0.